The van der Waals surface area contributed by atoms with Crippen LogP contribution in [0.5, 0.6) is 5.75 Å². The zero-order valence-electron chi connectivity index (χ0n) is 16.1. The third kappa shape index (κ3) is 3.13. The van der Waals surface area contributed by atoms with Crippen LogP contribution in [0.3, 0.4) is 0 Å². The number of rotatable bonds is 2. The highest BCUT2D eigenvalue weighted by Gasteiger charge is 2.10. The third-order valence-electron chi connectivity index (χ3n) is 5.15. The van der Waals surface area contributed by atoms with Gasteiger partial charge in [-0.3, -0.25) is 0 Å². The molecular formula is C27H19NO. The van der Waals surface area contributed by atoms with Crippen molar-refractivity contribution in [3.8, 4) is 23.3 Å². The van der Waals surface area contributed by atoms with Gasteiger partial charge in [-0.05, 0) is 60.7 Å². The van der Waals surface area contributed by atoms with Crippen molar-refractivity contribution >= 4 is 21.8 Å². The molecule has 0 fully saturated rings. The molecule has 0 saturated heterocycles. The van der Waals surface area contributed by atoms with E-state index in [4.69, 9.17) is 4.74 Å². The van der Waals surface area contributed by atoms with Crippen LogP contribution in [0, 0.1) is 11.8 Å². The molecule has 4 aromatic carbocycles. The fraction of sp³-hybridized carbons (Fsp3) is 0.0370. The van der Waals surface area contributed by atoms with E-state index in [9.17, 15) is 0 Å². The largest absolute Gasteiger partial charge is 0.497 e. The summed E-state index contributed by atoms with van der Waals surface area (Å²) in [6.45, 7) is 0. The minimum Gasteiger partial charge on any atom is -0.497 e. The Bertz CT molecular complexity index is 1310. The van der Waals surface area contributed by atoms with Crippen LogP contribution < -0.4 is 4.74 Å². The molecule has 5 aromatic rings. The standard InChI is InChI=1S/C27H19NO/c1-29-23-18-14-21(15-19-23)11-10-20-12-16-22(17-13-20)28-26-8-4-2-6-24(26)25-7-3-5-9-27(25)28/h2-9,12-19H,1H3. The molecular weight excluding hydrogens is 354 g/mol. The number of ether oxygens (including phenoxy) is 1. The van der Waals surface area contributed by atoms with Gasteiger partial charge in [-0.15, -0.1) is 0 Å². The number of para-hydroxylation sites is 2. The van der Waals surface area contributed by atoms with Gasteiger partial charge in [-0.25, -0.2) is 0 Å². The lowest BCUT2D eigenvalue weighted by atomic mass is 10.1. The van der Waals surface area contributed by atoms with E-state index in [1.807, 2.05) is 24.3 Å². The molecule has 0 radical (unpaired) electrons. The zero-order valence-corrected chi connectivity index (χ0v) is 16.1. The topological polar surface area (TPSA) is 14.2 Å². The van der Waals surface area contributed by atoms with Crippen LogP contribution in [0.25, 0.3) is 27.5 Å². The Hall–Kier alpha value is -3.96. The van der Waals surface area contributed by atoms with Gasteiger partial charge >= 0.3 is 0 Å². The van der Waals surface area contributed by atoms with Crippen LogP contribution in [-0.4, -0.2) is 11.7 Å². The summed E-state index contributed by atoms with van der Waals surface area (Å²) in [6, 6.07) is 33.3. The van der Waals surface area contributed by atoms with Gasteiger partial charge in [0.05, 0.1) is 18.1 Å². The molecule has 0 aliphatic rings. The van der Waals surface area contributed by atoms with Crippen LogP contribution in [0.2, 0.25) is 0 Å². The van der Waals surface area contributed by atoms with Crippen molar-refractivity contribution in [3.63, 3.8) is 0 Å². The van der Waals surface area contributed by atoms with Crippen LogP contribution in [0.4, 0.5) is 0 Å². The maximum absolute atomic E-state index is 5.19. The Morgan fingerprint density at radius 2 is 1.07 bits per heavy atom. The van der Waals surface area contributed by atoms with Crippen LogP contribution in [0.1, 0.15) is 11.1 Å². The van der Waals surface area contributed by atoms with Gasteiger partial charge in [0.2, 0.25) is 0 Å². The van der Waals surface area contributed by atoms with Crippen molar-refractivity contribution in [3.05, 3.63) is 108 Å². The molecule has 29 heavy (non-hydrogen) atoms. The first-order valence-corrected chi connectivity index (χ1v) is 9.58. The van der Waals surface area contributed by atoms with Gasteiger partial charge in [-0.2, -0.15) is 0 Å². The molecule has 0 N–H and O–H groups in total. The van der Waals surface area contributed by atoms with Crippen LogP contribution in [-0.2, 0) is 0 Å². The summed E-state index contributed by atoms with van der Waals surface area (Å²) in [7, 11) is 1.67. The lowest BCUT2D eigenvalue weighted by molar-refractivity contribution is 0.415. The van der Waals surface area contributed by atoms with E-state index in [2.05, 4.69) is 89.2 Å². The predicted molar refractivity (Wildman–Crippen MR) is 120 cm³/mol. The highest BCUT2D eigenvalue weighted by Crippen LogP contribution is 2.31. The Morgan fingerprint density at radius 1 is 0.586 bits per heavy atom. The van der Waals surface area contributed by atoms with Crippen molar-refractivity contribution in [1.29, 1.82) is 0 Å². The highest BCUT2D eigenvalue weighted by molar-refractivity contribution is 6.09. The SMILES string of the molecule is COc1ccc(C#Cc2ccc(-n3c4ccccc4c4ccccc43)cc2)cc1. The average molecular weight is 373 g/mol. The van der Waals surface area contributed by atoms with Gasteiger partial charge in [-0.1, -0.05) is 48.2 Å². The number of nitrogens with zero attached hydrogens (tertiary/aromatic N) is 1. The maximum atomic E-state index is 5.19. The van der Waals surface area contributed by atoms with E-state index in [1.54, 1.807) is 7.11 Å². The number of aromatic nitrogens is 1. The molecule has 0 aliphatic carbocycles. The monoisotopic (exact) mass is 373 g/mol. The molecule has 0 atom stereocenters. The fourth-order valence-corrected chi connectivity index (χ4v) is 3.71. The third-order valence-corrected chi connectivity index (χ3v) is 5.15. The summed E-state index contributed by atoms with van der Waals surface area (Å²) in [4.78, 5) is 0. The van der Waals surface area contributed by atoms with Gasteiger partial charge in [0.15, 0.2) is 0 Å². The van der Waals surface area contributed by atoms with Crippen LogP contribution >= 0.6 is 0 Å². The molecule has 1 aromatic heterocycles. The zero-order chi connectivity index (χ0) is 19.6. The van der Waals surface area contributed by atoms with E-state index in [1.165, 1.54) is 21.8 Å². The molecule has 138 valence electrons. The van der Waals surface area contributed by atoms with Crippen molar-refractivity contribution in [2.75, 3.05) is 7.11 Å². The van der Waals surface area contributed by atoms with Gasteiger partial charge in [0.1, 0.15) is 5.75 Å². The molecule has 0 amide bonds. The van der Waals surface area contributed by atoms with Crippen molar-refractivity contribution in [2.24, 2.45) is 0 Å². The molecule has 0 unspecified atom stereocenters. The Morgan fingerprint density at radius 3 is 1.59 bits per heavy atom. The maximum Gasteiger partial charge on any atom is 0.118 e. The summed E-state index contributed by atoms with van der Waals surface area (Å²) in [5.74, 6) is 7.30. The first-order chi connectivity index (χ1) is 14.3. The van der Waals surface area contributed by atoms with Crippen molar-refractivity contribution < 1.29 is 4.74 Å². The minimum atomic E-state index is 0.839. The highest BCUT2D eigenvalue weighted by atomic mass is 16.5. The number of hydrogen-bond acceptors (Lipinski definition) is 1. The molecule has 0 saturated carbocycles. The lowest BCUT2D eigenvalue weighted by Crippen LogP contribution is -1.93. The van der Waals surface area contributed by atoms with Gasteiger partial charge in [0, 0.05) is 27.6 Å². The summed E-state index contributed by atoms with van der Waals surface area (Å²) in [5.41, 5.74) is 5.52. The second-order valence-electron chi connectivity index (χ2n) is 6.90. The molecule has 1 heterocycles. The first-order valence-electron chi connectivity index (χ1n) is 9.58. The Kier molecular flexibility index (Phi) is 4.27. The van der Waals surface area contributed by atoms with Crippen molar-refractivity contribution in [1.82, 2.24) is 4.57 Å². The summed E-state index contributed by atoms with van der Waals surface area (Å²) >= 11 is 0. The molecule has 2 nitrogen and oxygen atoms in total. The van der Waals surface area contributed by atoms with Crippen LogP contribution in [0.15, 0.2) is 97.1 Å². The normalized spacial score (nSPS) is 10.7. The molecule has 0 spiro atoms. The molecule has 0 bridgehead atoms. The van der Waals surface area contributed by atoms with E-state index in [0.717, 1.165) is 22.6 Å². The quantitative estimate of drug-likeness (QED) is 0.336. The van der Waals surface area contributed by atoms with E-state index in [0.29, 0.717) is 0 Å². The second-order valence-corrected chi connectivity index (χ2v) is 6.90. The van der Waals surface area contributed by atoms with E-state index in [-0.39, 0.29) is 0 Å². The summed E-state index contributed by atoms with van der Waals surface area (Å²) in [6.07, 6.45) is 0. The van der Waals surface area contributed by atoms with Gasteiger partial charge < -0.3 is 9.30 Å². The number of hydrogen-bond donors (Lipinski definition) is 0. The number of methoxy groups -OCH3 is 1. The fourth-order valence-electron chi connectivity index (χ4n) is 3.71. The number of benzene rings is 4. The Balaban J connectivity index is 1.53. The summed E-state index contributed by atoms with van der Waals surface area (Å²) in [5, 5.41) is 2.54. The lowest BCUT2D eigenvalue weighted by Gasteiger charge is -2.07. The minimum absolute atomic E-state index is 0.839. The van der Waals surface area contributed by atoms with E-state index >= 15 is 0 Å². The number of fused-ring (bicyclic) bond motifs is 3. The molecule has 0 aliphatic heterocycles. The second kappa shape index (κ2) is 7.22. The Labute approximate surface area is 170 Å². The molecule has 2 heteroatoms. The summed E-state index contributed by atoms with van der Waals surface area (Å²) < 4.78 is 7.50. The predicted octanol–water partition coefficient (Wildman–Crippen LogP) is 6.19. The first kappa shape index (κ1) is 17.2. The molecule has 5 rings (SSSR count). The average Bonchev–Trinajstić information content (AvgIpc) is 3.13. The van der Waals surface area contributed by atoms with Gasteiger partial charge in [0.25, 0.3) is 0 Å². The smallest absolute Gasteiger partial charge is 0.118 e. The van der Waals surface area contributed by atoms with E-state index < -0.39 is 0 Å². The van der Waals surface area contributed by atoms with Crippen molar-refractivity contribution in [2.45, 2.75) is 0 Å².